The number of aromatic nitrogens is 1. The molecule has 0 bridgehead atoms. The molecular formula is C28H31F3N4O3S. The van der Waals surface area contributed by atoms with Gasteiger partial charge in [-0.3, -0.25) is 14.4 Å². The molecule has 1 fully saturated rings. The number of thiazole rings is 1. The van der Waals surface area contributed by atoms with Gasteiger partial charge in [-0.25, -0.2) is 4.98 Å². The Morgan fingerprint density at radius 3 is 2.46 bits per heavy atom. The van der Waals surface area contributed by atoms with Crippen LogP contribution in [0.4, 0.5) is 13.2 Å². The molecular weight excluding hydrogens is 529 g/mol. The van der Waals surface area contributed by atoms with Gasteiger partial charge in [0.05, 0.1) is 34.1 Å². The van der Waals surface area contributed by atoms with Crippen molar-refractivity contribution in [2.75, 3.05) is 6.54 Å². The number of benzene rings is 2. The molecule has 3 N–H and O–H groups in total. The summed E-state index contributed by atoms with van der Waals surface area (Å²) in [5, 5.41) is 3.38. The van der Waals surface area contributed by atoms with E-state index in [4.69, 9.17) is 5.73 Å². The Morgan fingerprint density at radius 1 is 1.10 bits per heavy atom. The van der Waals surface area contributed by atoms with E-state index in [1.807, 2.05) is 54.6 Å². The lowest BCUT2D eigenvalue weighted by atomic mass is 9.83. The quantitative estimate of drug-likeness (QED) is 0.352. The van der Waals surface area contributed by atoms with Gasteiger partial charge in [0.1, 0.15) is 5.01 Å². The summed E-state index contributed by atoms with van der Waals surface area (Å²) < 4.78 is 40.2. The summed E-state index contributed by atoms with van der Waals surface area (Å²) in [5.74, 6) is -4.95. The third-order valence-electron chi connectivity index (χ3n) is 7.12. The molecule has 11 heteroatoms. The first-order valence-corrected chi connectivity index (χ1v) is 13.7. The highest BCUT2D eigenvalue weighted by Gasteiger charge is 2.40. The number of nitrogens with one attached hydrogen (secondary N) is 1. The van der Waals surface area contributed by atoms with Crippen LogP contribution in [0.15, 0.2) is 54.6 Å². The van der Waals surface area contributed by atoms with Crippen LogP contribution in [0.3, 0.4) is 0 Å². The second-order valence-electron chi connectivity index (χ2n) is 9.88. The lowest BCUT2D eigenvalue weighted by Crippen LogP contribution is -2.44. The molecule has 0 aliphatic carbocycles. The molecule has 4 rings (SSSR count). The van der Waals surface area contributed by atoms with E-state index < -0.39 is 61.0 Å². The maximum absolute atomic E-state index is 13.5. The van der Waals surface area contributed by atoms with E-state index in [1.54, 1.807) is 11.8 Å². The molecule has 1 aliphatic rings. The molecule has 1 saturated heterocycles. The van der Waals surface area contributed by atoms with Crippen LogP contribution in [-0.4, -0.2) is 40.3 Å². The van der Waals surface area contributed by atoms with Gasteiger partial charge < -0.3 is 16.0 Å². The maximum atomic E-state index is 13.5. The number of fused-ring (bicyclic) bond motifs is 1. The Hall–Kier alpha value is -3.47. The fourth-order valence-corrected chi connectivity index (χ4v) is 6.10. The standard InChI is InChI=1S/C28H31F3N4O3S/c1-17(27-34-21-10-5-6-12-23(21)39-27)33-26(38)20(19(25(32)37)13-14-28(29,30)31)16-24(36)35-15-7-11-22(35)18-8-3-2-4-9-18/h2-6,8-10,12,17,19-20,22H,7,11,13-16H2,1H3,(H2,32,37)(H,33,38)/t17-,19?,20-,22+/m0/s1. The molecule has 208 valence electrons. The number of hydrogen-bond acceptors (Lipinski definition) is 5. The Labute approximate surface area is 228 Å². The zero-order valence-electron chi connectivity index (χ0n) is 21.5. The molecule has 1 aromatic heterocycles. The third-order valence-corrected chi connectivity index (χ3v) is 8.34. The molecule has 2 heterocycles. The van der Waals surface area contributed by atoms with Gasteiger partial charge in [0.25, 0.3) is 0 Å². The molecule has 4 atom stereocenters. The zero-order chi connectivity index (χ0) is 28.2. The van der Waals surface area contributed by atoms with Crippen molar-refractivity contribution in [2.45, 2.75) is 57.3 Å². The van der Waals surface area contributed by atoms with E-state index in [1.165, 1.54) is 11.3 Å². The Kier molecular flexibility index (Phi) is 8.89. The first-order chi connectivity index (χ1) is 18.5. The summed E-state index contributed by atoms with van der Waals surface area (Å²) in [4.78, 5) is 45.6. The van der Waals surface area contributed by atoms with Crippen LogP contribution >= 0.6 is 11.3 Å². The number of nitrogens with zero attached hydrogens (tertiary/aromatic N) is 2. The molecule has 0 spiro atoms. The minimum absolute atomic E-state index is 0.203. The number of amides is 3. The van der Waals surface area contributed by atoms with Crippen molar-refractivity contribution >= 4 is 39.3 Å². The highest BCUT2D eigenvalue weighted by Crippen LogP contribution is 2.35. The van der Waals surface area contributed by atoms with Gasteiger partial charge in [-0.15, -0.1) is 11.3 Å². The number of carbonyl (C=O) groups is 3. The second kappa shape index (κ2) is 12.1. The SMILES string of the molecule is C[C@H](NC(=O)[C@@H](CC(=O)N1CCC[C@@H]1c1ccccc1)C(CCC(F)(F)F)C(N)=O)c1nc2ccccc2s1. The van der Waals surface area contributed by atoms with Crippen molar-refractivity contribution in [3.05, 3.63) is 65.2 Å². The maximum Gasteiger partial charge on any atom is 0.389 e. The van der Waals surface area contributed by atoms with Crippen molar-refractivity contribution in [2.24, 2.45) is 17.6 Å². The summed E-state index contributed by atoms with van der Waals surface area (Å²) in [6.07, 6.45) is -5.45. The van der Waals surface area contributed by atoms with Gasteiger partial charge in [0, 0.05) is 19.4 Å². The third kappa shape index (κ3) is 7.14. The van der Waals surface area contributed by atoms with Crippen molar-refractivity contribution in [3.63, 3.8) is 0 Å². The topological polar surface area (TPSA) is 105 Å². The number of para-hydroxylation sites is 1. The minimum Gasteiger partial charge on any atom is -0.369 e. The van der Waals surface area contributed by atoms with E-state index in [0.717, 1.165) is 28.6 Å². The predicted octanol–water partition coefficient (Wildman–Crippen LogP) is 5.29. The predicted molar refractivity (Wildman–Crippen MR) is 142 cm³/mol. The lowest BCUT2D eigenvalue weighted by molar-refractivity contribution is -0.147. The highest BCUT2D eigenvalue weighted by molar-refractivity contribution is 7.18. The van der Waals surface area contributed by atoms with Crippen LogP contribution in [0.5, 0.6) is 0 Å². The smallest absolute Gasteiger partial charge is 0.369 e. The van der Waals surface area contributed by atoms with Crippen molar-refractivity contribution in [1.29, 1.82) is 0 Å². The van der Waals surface area contributed by atoms with Gasteiger partial charge in [-0.05, 0) is 43.9 Å². The van der Waals surface area contributed by atoms with Crippen molar-refractivity contribution < 1.29 is 27.6 Å². The van der Waals surface area contributed by atoms with E-state index in [-0.39, 0.29) is 6.04 Å². The van der Waals surface area contributed by atoms with E-state index >= 15 is 0 Å². The molecule has 39 heavy (non-hydrogen) atoms. The average Bonchev–Trinajstić information content (AvgIpc) is 3.55. The van der Waals surface area contributed by atoms with Crippen LogP contribution in [0.25, 0.3) is 10.2 Å². The van der Waals surface area contributed by atoms with Crippen molar-refractivity contribution in [3.8, 4) is 0 Å². The zero-order valence-corrected chi connectivity index (χ0v) is 22.3. The van der Waals surface area contributed by atoms with Crippen molar-refractivity contribution in [1.82, 2.24) is 15.2 Å². The minimum atomic E-state index is -4.54. The number of alkyl halides is 3. The Balaban J connectivity index is 1.56. The first kappa shape index (κ1) is 28.5. The summed E-state index contributed by atoms with van der Waals surface area (Å²) >= 11 is 1.38. The largest absolute Gasteiger partial charge is 0.389 e. The van der Waals surface area contributed by atoms with E-state index in [0.29, 0.717) is 11.6 Å². The van der Waals surface area contributed by atoms with Crippen LogP contribution in [0.2, 0.25) is 0 Å². The second-order valence-corrected chi connectivity index (χ2v) is 10.9. The average molecular weight is 561 g/mol. The first-order valence-electron chi connectivity index (χ1n) is 12.9. The Morgan fingerprint density at radius 2 is 1.79 bits per heavy atom. The molecule has 1 unspecified atom stereocenters. The summed E-state index contributed by atoms with van der Waals surface area (Å²) in [5.41, 5.74) is 7.22. The molecule has 1 aliphatic heterocycles. The van der Waals surface area contributed by atoms with Crippen LogP contribution in [-0.2, 0) is 14.4 Å². The number of primary amides is 1. The number of likely N-dealkylation sites (tertiary alicyclic amines) is 1. The van der Waals surface area contributed by atoms with Crippen LogP contribution in [0, 0.1) is 11.8 Å². The van der Waals surface area contributed by atoms with Gasteiger partial charge in [-0.1, -0.05) is 42.5 Å². The Bertz CT molecular complexity index is 1280. The molecule has 7 nitrogen and oxygen atoms in total. The number of hydrogen-bond donors (Lipinski definition) is 2. The van der Waals surface area contributed by atoms with Gasteiger partial charge in [0.15, 0.2) is 0 Å². The molecule has 3 amide bonds. The molecule has 0 radical (unpaired) electrons. The summed E-state index contributed by atoms with van der Waals surface area (Å²) in [7, 11) is 0. The van der Waals surface area contributed by atoms with Crippen LogP contribution in [0.1, 0.15) is 61.7 Å². The lowest BCUT2D eigenvalue weighted by Gasteiger charge is -2.30. The summed E-state index contributed by atoms with van der Waals surface area (Å²) in [6, 6.07) is 16.1. The van der Waals surface area contributed by atoms with Gasteiger partial charge >= 0.3 is 6.18 Å². The number of halogens is 3. The number of nitrogens with two attached hydrogens (primary N) is 1. The van der Waals surface area contributed by atoms with E-state index in [9.17, 15) is 27.6 Å². The van der Waals surface area contributed by atoms with E-state index in [2.05, 4.69) is 10.3 Å². The highest BCUT2D eigenvalue weighted by atomic mass is 32.1. The fourth-order valence-electron chi connectivity index (χ4n) is 5.13. The molecule has 0 saturated carbocycles. The molecule has 3 aromatic rings. The van der Waals surface area contributed by atoms with Gasteiger partial charge in [0.2, 0.25) is 17.7 Å². The monoisotopic (exact) mass is 560 g/mol. The molecule has 2 aromatic carbocycles. The number of rotatable bonds is 10. The number of carbonyl (C=O) groups excluding carboxylic acids is 3. The van der Waals surface area contributed by atoms with Gasteiger partial charge in [-0.2, -0.15) is 13.2 Å². The van der Waals surface area contributed by atoms with Crippen LogP contribution < -0.4 is 11.1 Å². The fraction of sp³-hybridized carbons (Fsp3) is 0.429. The normalized spacial score (nSPS) is 18.1. The summed E-state index contributed by atoms with van der Waals surface area (Å²) in [6.45, 7) is 2.16.